The van der Waals surface area contributed by atoms with E-state index in [9.17, 15) is 0 Å². The molecule has 0 saturated heterocycles. The molecule has 96 valence electrons. The molecule has 0 amide bonds. The molecule has 0 radical (unpaired) electrons. The van der Waals surface area contributed by atoms with Crippen molar-refractivity contribution in [1.82, 2.24) is 15.1 Å². The number of nitrogens with one attached hydrogen (secondary N) is 1. The van der Waals surface area contributed by atoms with E-state index in [1.165, 1.54) is 36.9 Å². The third-order valence-corrected chi connectivity index (χ3v) is 3.49. The fraction of sp³-hybridized carbons (Fsp3) is 0.786. The van der Waals surface area contributed by atoms with Crippen LogP contribution in [0.1, 0.15) is 63.6 Å². The van der Waals surface area contributed by atoms with E-state index < -0.39 is 0 Å². The lowest BCUT2D eigenvalue weighted by atomic mass is 10.00. The minimum Gasteiger partial charge on any atom is -0.308 e. The standard InChI is InChI=1S/C14H25N3/c1-14(2,3)15-9-12-10-17(4)16-13(12)11-7-5-6-8-11/h10-11,15H,5-9H2,1-4H3. The monoisotopic (exact) mass is 235 g/mol. The molecule has 0 spiro atoms. The zero-order valence-electron chi connectivity index (χ0n) is 11.6. The zero-order valence-corrected chi connectivity index (χ0v) is 11.6. The van der Waals surface area contributed by atoms with Crippen molar-refractivity contribution in [2.24, 2.45) is 7.05 Å². The van der Waals surface area contributed by atoms with E-state index in [0.29, 0.717) is 5.92 Å². The van der Waals surface area contributed by atoms with Crippen LogP contribution in [0.2, 0.25) is 0 Å². The molecule has 1 aliphatic carbocycles. The van der Waals surface area contributed by atoms with Crippen molar-refractivity contribution in [2.75, 3.05) is 0 Å². The third kappa shape index (κ3) is 3.32. The van der Waals surface area contributed by atoms with Gasteiger partial charge in [-0.25, -0.2) is 0 Å². The summed E-state index contributed by atoms with van der Waals surface area (Å²) in [5, 5.41) is 8.23. The van der Waals surface area contributed by atoms with Crippen molar-refractivity contribution < 1.29 is 0 Å². The Hall–Kier alpha value is -0.830. The highest BCUT2D eigenvalue weighted by Crippen LogP contribution is 2.34. The van der Waals surface area contributed by atoms with Gasteiger partial charge in [0.15, 0.2) is 0 Å². The highest BCUT2D eigenvalue weighted by atomic mass is 15.3. The summed E-state index contributed by atoms with van der Waals surface area (Å²) >= 11 is 0. The molecule has 1 N–H and O–H groups in total. The first kappa shape index (κ1) is 12.6. The summed E-state index contributed by atoms with van der Waals surface area (Å²) in [5.74, 6) is 0.702. The van der Waals surface area contributed by atoms with E-state index in [2.05, 4.69) is 37.4 Å². The maximum absolute atomic E-state index is 4.67. The van der Waals surface area contributed by atoms with Crippen molar-refractivity contribution in [3.05, 3.63) is 17.5 Å². The molecule has 0 aliphatic heterocycles. The number of aryl methyl sites for hydroxylation is 1. The van der Waals surface area contributed by atoms with Crippen molar-refractivity contribution in [2.45, 2.75) is 64.5 Å². The maximum Gasteiger partial charge on any atom is 0.0700 e. The summed E-state index contributed by atoms with van der Waals surface area (Å²) in [4.78, 5) is 0. The van der Waals surface area contributed by atoms with E-state index >= 15 is 0 Å². The van der Waals surface area contributed by atoms with Crippen LogP contribution >= 0.6 is 0 Å². The Morgan fingerprint density at radius 3 is 2.59 bits per heavy atom. The van der Waals surface area contributed by atoms with Crippen LogP contribution in [0.25, 0.3) is 0 Å². The first-order chi connectivity index (χ1) is 7.96. The van der Waals surface area contributed by atoms with Crippen LogP contribution in [0.4, 0.5) is 0 Å². The van der Waals surface area contributed by atoms with Gasteiger partial charge in [-0.1, -0.05) is 12.8 Å². The SMILES string of the molecule is Cn1cc(CNC(C)(C)C)c(C2CCCC2)n1. The number of hydrogen-bond acceptors (Lipinski definition) is 2. The summed E-state index contributed by atoms with van der Waals surface area (Å²) in [7, 11) is 2.03. The molecule has 1 aromatic rings. The Bertz CT molecular complexity index is 367. The number of aromatic nitrogens is 2. The molecule has 0 unspecified atom stereocenters. The van der Waals surface area contributed by atoms with Gasteiger partial charge in [0.05, 0.1) is 5.69 Å². The lowest BCUT2D eigenvalue weighted by Gasteiger charge is -2.20. The molecule has 0 atom stereocenters. The van der Waals surface area contributed by atoms with Gasteiger partial charge in [0, 0.05) is 36.8 Å². The van der Waals surface area contributed by atoms with Gasteiger partial charge in [-0.2, -0.15) is 5.10 Å². The smallest absolute Gasteiger partial charge is 0.0700 e. The summed E-state index contributed by atoms with van der Waals surface area (Å²) in [6.07, 6.45) is 7.55. The molecule has 1 fully saturated rings. The summed E-state index contributed by atoms with van der Waals surface area (Å²) in [6, 6.07) is 0. The third-order valence-electron chi connectivity index (χ3n) is 3.49. The quantitative estimate of drug-likeness (QED) is 0.873. The normalized spacial score (nSPS) is 17.9. The van der Waals surface area contributed by atoms with Gasteiger partial charge < -0.3 is 5.32 Å². The Kier molecular flexibility index (Phi) is 3.57. The van der Waals surface area contributed by atoms with E-state index in [4.69, 9.17) is 0 Å². The average Bonchev–Trinajstić information content (AvgIpc) is 2.81. The molecule has 1 saturated carbocycles. The van der Waals surface area contributed by atoms with Crippen molar-refractivity contribution in [3.63, 3.8) is 0 Å². The predicted molar refractivity (Wildman–Crippen MR) is 71.0 cm³/mol. The summed E-state index contributed by atoms with van der Waals surface area (Å²) in [6.45, 7) is 7.55. The molecular formula is C14H25N3. The summed E-state index contributed by atoms with van der Waals surface area (Å²) in [5.41, 5.74) is 2.89. The van der Waals surface area contributed by atoms with Crippen molar-refractivity contribution >= 4 is 0 Å². The van der Waals surface area contributed by atoms with Gasteiger partial charge in [0.2, 0.25) is 0 Å². The van der Waals surface area contributed by atoms with Gasteiger partial charge >= 0.3 is 0 Å². The Morgan fingerprint density at radius 1 is 1.35 bits per heavy atom. The average molecular weight is 235 g/mol. The number of nitrogens with zero attached hydrogens (tertiary/aromatic N) is 2. The minimum atomic E-state index is 0.169. The largest absolute Gasteiger partial charge is 0.308 e. The van der Waals surface area contributed by atoms with Gasteiger partial charge in [-0.3, -0.25) is 4.68 Å². The van der Waals surface area contributed by atoms with E-state index in [1.807, 2.05) is 11.7 Å². The second-order valence-corrected chi connectivity index (χ2v) is 6.30. The fourth-order valence-electron chi connectivity index (χ4n) is 2.59. The van der Waals surface area contributed by atoms with Gasteiger partial charge in [0.25, 0.3) is 0 Å². The molecule has 1 heterocycles. The van der Waals surface area contributed by atoms with Crippen LogP contribution < -0.4 is 5.32 Å². The second-order valence-electron chi connectivity index (χ2n) is 6.30. The van der Waals surface area contributed by atoms with E-state index in [0.717, 1.165) is 6.54 Å². The van der Waals surface area contributed by atoms with Crippen LogP contribution in [-0.2, 0) is 13.6 Å². The lowest BCUT2D eigenvalue weighted by Crippen LogP contribution is -2.35. The molecule has 1 aromatic heterocycles. The number of rotatable bonds is 3. The lowest BCUT2D eigenvalue weighted by molar-refractivity contribution is 0.422. The molecule has 2 rings (SSSR count). The van der Waals surface area contributed by atoms with E-state index in [-0.39, 0.29) is 5.54 Å². The Labute approximate surface area is 105 Å². The Morgan fingerprint density at radius 2 is 2.00 bits per heavy atom. The molecule has 0 bridgehead atoms. The topological polar surface area (TPSA) is 29.9 Å². The molecule has 17 heavy (non-hydrogen) atoms. The van der Waals surface area contributed by atoms with Crippen molar-refractivity contribution in [1.29, 1.82) is 0 Å². The van der Waals surface area contributed by atoms with Crippen LogP contribution in [0.5, 0.6) is 0 Å². The van der Waals surface area contributed by atoms with Gasteiger partial charge in [-0.15, -0.1) is 0 Å². The predicted octanol–water partition coefficient (Wildman–Crippen LogP) is 2.97. The van der Waals surface area contributed by atoms with E-state index in [1.54, 1.807) is 0 Å². The van der Waals surface area contributed by atoms with Crippen LogP contribution in [0, 0.1) is 0 Å². The maximum atomic E-state index is 4.67. The molecule has 1 aliphatic rings. The van der Waals surface area contributed by atoms with Crippen LogP contribution in [-0.4, -0.2) is 15.3 Å². The molecule has 0 aromatic carbocycles. The molecule has 3 nitrogen and oxygen atoms in total. The van der Waals surface area contributed by atoms with Gasteiger partial charge in [-0.05, 0) is 33.6 Å². The highest BCUT2D eigenvalue weighted by molar-refractivity contribution is 5.22. The zero-order chi connectivity index (χ0) is 12.5. The van der Waals surface area contributed by atoms with Crippen LogP contribution in [0.15, 0.2) is 6.20 Å². The number of hydrogen-bond donors (Lipinski definition) is 1. The second kappa shape index (κ2) is 4.81. The first-order valence-corrected chi connectivity index (χ1v) is 6.73. The minimum absolute atomic E-state index is 0.169. The molecule has 3 heteroatoms. The van der Waals surface area contributed by atoms with Crippen molar-refractivity contribution in [3.8, 4) is 0 Å². The van der Waals surface area contributed by atoms with Gasteiger partial charge in [0.1, 0.15) is 0 Å². The molecular weight excluding hydrogens is 210 g/mol. The fourth-order valence-corrected chi connectivity index (χ4v) is 2.59. The highest BCUT2D eigenvalue weighted by Gasteiger charge is 2.23. The Balaban J connectivity index is 2.10. The van der Waals surface area contributed by atoms with Crippen LogP contribution in [0.3, 0.4) is 0 Å². The first-order valence-electron chi connectivity index (χ1n) is 6.73. The summed E-state index contributed by atoms with van der Waals surface area (Å²) < 4.78 is 1.97.